The Kier molecular flexibility index (Phi) is 7.53. The zero-order valence-electron chi connectivity index (χ0n) is 16.1. The first-order valence-corrected chi connectivity index (χ1v) is 9.28. The zero-order valence-corrected chi connectivity index (χ0v) is 16.9. The molecule has 2 heterocycles. The van der Waals surface area contributed by atoms with E-state index in [1.165, 1.54) is 12.1 Å². The van der Waals surface area contributed by atoms with Crippen LogP contribution in [0.3, 0.4) is 0 Å². The van der Waals surface area contributed by atoms with Gasteiger partial charge in [-0.1, -0.05) is 6.92 Å². The number of benzene rings is 1. The van der Waals surface area contributed by atoms with Gasteiger partial charge in [-0.3, -0.25) is 19.6 Å². The van der Waals surface area contributed by atoms with Gasteiger partial charge in [-0.25, -0.2) is 0 Å². The second-order valence-electron chi connectivity index (χ2n) is 6.91. The fourth-order valence-corrected chi connectivity index (χ4v) is 3.46. The number of aromatic nitrogens is 2. The SMILES string of the molecule is CCNCC1CCN(C(=O)c2cn(C)nc2-c2ccc([N+](=O)[O-])cc2)CC1.Cl. The number of hydrogen-bond donors (Lipinski definition) is 1. The fourth-order valence-electron chi connectivity index (χ4n) is 3.46. The van der Waals surface area contributed by atoms with Crippen LogP contribution in [0.4, 0.5) is 5.69 Å². The van der Waals surface area contributed by atoms with Crippen molar-refractivity contribution in [2.75, 3.05) is 26.2 Å². The number of carbonyl (C=O) groups excluding carboxylic acids is 1. The van der Waals surface area contributed by atoms with E-state index in [1.807, 2.05) is 4.90 Å². The average Bonchev–Trinajstić information content (AvgIpc) is 3.08. The minimum Gasteiger partial charge on any atom is -0.339 e. The Bertz CT molecular complexity index is 813. The van der Waals surface area contributed by atoms with Crippen LogP contribution in [-0.2, 0) is 7.05 Å². The summed E-state index contributed by atoms with van der Waals surface area (Å²) in [6, 6.07) is 6.15. The van der Waals surface area contributed by atoms with Crippen molar-refractivity contribution in [2.24, 2.45) is 13.0 Å². The van der Waals surface area contributed by atoms with Gasteiger partial charge in [0.05, 0.1) is 10.5 Å². The Morgan fingerprint density at radius 2 is 1.93 bits per heavy atom. The third-order valence-electron chi connectivity index (χ3n) is 5.00. The molecule has 152 valence electrons. The summed E-state index contributed by atoms with van der Waals surface area (Å²) < 4.78 is 1.61. The summed E-state index contributed by atoms with van der Waals surface area (Å²) in [7, 11) is 1.77. The lowest BCUT2D eigenvalue weighted by Gasteiger charge is -2.32. The van der Waals surface area contributed by atoms with Crippen LogP contribution in [0.5, 0.6) is 0 Å². The number of halogens is 1. The molecule has 1 amide bonds. The van der Waals surface area contributed by atoms with Crippen molar-refractivity contribution in [1.29, 1.82) is 0 Å². The summed E-state index contributed by atoms with van der Waals surface area (Å²) in [5, 5.41) is 18.6. The molecule has 2 aromatic rings. The van der Waals surface area contributed by atoms with E-state index in [-0.39, 0.29) is 24.0 Å². The highest BCUT2D eigenvalue weighted by Gasteiger charge is 2.27. The number of nitrogens with one attached hydrogen (secondary N) is 1. The van der Waals surface area contributed by atoms with E-state index in [0.29, 0.717) is 22.7 Å². The van der Waals surface area contributed by atoms with E-state index in [4.69, 9.17) is 0 Å². The summed E-state index contributed by atoms with van der Waals surface area (Å²) in [5.41, 5.74) is 1.82. The molecule has 1 aromatic heterocycles. The summed E-state index contributed by atoms with van der Waals surface area (Å²) in [6.45, 7) is 5.54. The number of nitro groups is 1. The highest BCUT2D eigenvalue weighted by molar-refractivity contribution is 5.99. The third-order valence-corrected chi connectivity index (χ3v) is 5.00. The molecule has 1 saturated heterocycles. The number of aryl methyl sites for hydroxylation is 1. The lowest BCUT2D eigenvalue weighted by molar-refractivity contribution is -0.384. The summed E-state index contributed by atoms with van der Waals surface area (Å²) in [6.07, 6.45) is 3.71. The number of likely N-dealkylation sites (tertiary alicyclic amines) is 1. The molecule has 9 heteroatoms. The van der Waals surface area contributed by atoms with Crippen LogP contribution in [0.15, 0.2) is 30.5 Å². The van der Waals surface area contributed by atoms with E-state index >= 15 is 0 Å². The van der Waals surface area contributed by atoms with Crippen LogP contribution in [0.1, 0.15) is 30.1 Å². The molecule has 1 N–H and O–H groups in total. The van der Waals surface area contributed by atoms with E-state index in [1.54, 1.807) is 30.1 Å². The van der Waals surface area contributed by atoms with Crippen molar-refractivity contribution < 1.29 is 9.72 Å². The molecule has 1 aliphatic rings. The number of amides is 1. The standard InChI is InChI=1S/C19H25N5O3.ClH/c1-3-20-12-14-8-10-23(11-9-14)19(25)17-13-22(2)21-18(17)15-4-6-16(7-5-15)24(26)27;/h4-7,13-14,20H,3,8-12H2,1-2H3;1H. The Balaban J connectivity index is 0.00000280. The maximum Gasteiger partial charge on any atom is 0.269 e. The maximum atomic E-state index is 13.1. The molecule has 1 fully saturated rings. The molecule has 1 aliphatic heterocycles. The number of nitro benzene ring substituents is 1. The number of piperidine rings is 1. The summed E-state index contributed by atoms with van der Waals surface area (Å²) >= 11 is 0. The lowest BCUT2D eigenvalue weighted by atomic mass is 9.96. The number of nitrogens with zero attached hydrogens (tertiary/aromatic N) is 4. The van der Waals surface area contributed by atoms with E-state index in [2.05, 4.69) is 17.3 Å². The Labute approximate surface area is 170 Å². The minimum atomic E-state index is -0.439. The van der Waals surface area contributed by atoms with Crippen molar-refractivity contribution in [3.63, 3.8) is 0 Å². The molecule has 0 saturated carbocycles. The Morgan fingerprint density at radius 3 is 2.50 bits per heavy atom. The highest BCUT2D eigenvalue weighted by atomic mass is 35.5. The monoisotopic (exact) mass is 407 g/mol. The molecule has 0 bridgehead atoms. The molecule has 0 unspecified atom stereocenters. The number of rotatable bonds is 6. The van der Waals surface area contributed by atoms with Crippen LogP contribution in [0.2, 0.25) is 0 Å². The summed E-state index contributed by atoms with van der Waals surface area (Å²) in [5.74, 6) is 0.579. The van der Waals surface area contributed by atoms with E-state index < -0.39 is 4.92 Å². The van der Waals surface area contributed by atoms with E-state index in [0.717, 1.165) is 39.0 Å². The second kappa shape index (κ2) is 9.66. The summed E-state index contributed by atoms with van der Waals surface area (Å²) in [4.78, 5) is 25.3. The first-order chi connectivity index (χ1) is 13.0. The van der Waals surface area contributed by atoms with Gasteiger partial charge in [-0.15, -0.1) is 12.4 Å². The molecular weight excluding hydrogens is 382 g/mol. The van der Waals surface area contributed by atoms with Crippen molar-refractivity contribution in [3.05, 3.63) is 46.1 Å². The van der Waals surface area contributed by atoms with Crippen LogP contribution >= 0.6 is 12.4 Å². The van der Waals surface area contributed by atoms with Crippen LogP contribution < -0.4 is 5.32 Å². The Morgan fingerprint density at radius 1 is 1.29 bits per heavy atom. The van der Waals surface area contributed by atoms with Gasteiger partial charge in [0.1, 0.15) is 5.69 Å². The van der Waals surface area contributed by atoms with Crippen molar-refractivity contribution in [3.8, 4) is 11.3 Å². The van der Waals surface area contributed by atoms with Gasteiger partial charge in [-0.05, 0) is 44.0 Å². The molecule has 0 atom stereocenters. The van der Waals surface area contributed by atoms with Crippen molar-refractivity contribution in [2.45, 2.75) is 19.8 Å². The van der Waals surface area contributed by atoms with Gasteiger partial charge in [0.15, 0.2) is 0 Å². The van der Waals surface area contributed by atoms with E-state index in [9.17, 15) is 14.9 Å². The highest BCUT2D eigenvalue weighted by Crippen LogP contribution is 2.27. The molecule has 1 aromatic carbocycles. The maximum absolute atomic E-state index is 13.1. The van der Waals surface area contributed by atoms with Crippen molar-refractivity contribution in [1.82, 2.24) is 20.0 Å². The molecule has 0 aliphatic carbocycles. The molecule has 28 heavy (non-hydrogen) atoms. The predicted octanol–water partition coefficient (Wildman–Crippen LogP) is 2.88. The minimum absolute atomic E-state index is 0. The molecule has 3 rings (SSSR count). The van der Waals surface area contributed by atoms with Crippen molar-refractivity contribution >= 4 is 24.0 Å². The fraction of sp³-hybridized carbons (Fsp3) is 0.474. The second-order valence-corrected chi connectivity index (χ2v) is 6.91. The number of non-ortho nitro benzene ring substituents is 1. The number of hydrogen-bond acceptors (Lipinski definition) is 5. The smallest absolute Gasteiger partial charge is 0.269 e. The van der Waals surface area contributed by atoms with Gasteiger partial charge in [0.2, 0.25) is 0 Å². The van der Waals surface area contributed by atoms with Gasteiger partial charge < -0.3 is 10.2 Å². The van der Waals surface area contributed by atoms with Crippen LogP contribution in [-0.4, -0.2) is 51.7 Å². The van der Waals surface area contributed by atoms with Gasteiger partial charge in [0, 0.05) is 44.0 Å². The first-order valence-electron chi connectivity index (χ1n) is 9.28. The molecule has 0 spiro atoms. The largest absolute Gasteiger partial charge is 0.339 e. The molecule has 0 radical (unpaired) electrons. The van der Waals surface area contributed by atoms with Gasteiger partial charge in [-0.2, -0.15) is 5.10 Å². The average molecular weight is 408 g/mol. The topological polar surface area (TPSA) is 93.3 Å². The van der Waals surface area contributed by atoms with Crippen LogP contribution in [0.25, 0.3) is 11.3 Å². The normalized spacial score (nSPS) is 14.6. The Hall–Kier alpha value is -2.45. The lowest BCUT2D eigenvalue weighted by Crippen LogP contribution is -2.40. The van der Waals surface area contributed by atoms with Gasteiger partial charge in [0.25, 0.3) is 11.6 Å². The van der Waals surface area contributed by atoms with Crippen LogP contribution in [0, 0.1) is 16.0 Å². The molecule has 8 nitrogen and oxygen atoms in total. The zero-order chi connectivity index (χ0) is 19.4. The number of carbonyl (C=O) groups is 1. The quantitative estimate of drug-likeness (QED) is 0.587. The first kappa shape index (κ1) is 21.8. The van der Waals surface area contributed by atoms with Gasteiger partial charge >= 0.3 is 0 Å². The third kappa shape index (κ3) is 4.88. The predicted molar refractivity (Wildman–Crippen MR) is 110 cm³/mol. The molecular formula is C19H26ClN5O3.